The second kappa shape index (κ2) is 11.0. The third-order valence-electron chi connectivity index (χ3n) is 5.08. The van der Waals surface area contributed by atoms with Crippen molar-refractivity contribution < 1.29 is 9.59 Å². The van der Waals surface area contributed by atoms with E-state index in [0.29, 0.717) is 19.3 Å². The monoisotopic (exact) mass is 400 g/mol. The quantitative estimate of drug-likeness (QED) is 0.565. The van der Waals surface area contributed by atoms with Crippen molar-refractivity contribution in [1.29, 1.82) is 0 Å². The lowest BCUT2D eigenvalue weighted by Crippen LogP contribution is -2.48. The Hall–Kier alpha value is -3.40. The van der Waals surface area contributed by atoms with Crippen LogP contribution in [0, 0.1) is 0 Å². The maximum absolute atomic E-state index is 13.0. The van der Waals surface area contributed by atoms with Gasteiger partial charge in [-0.15, -0.1) is 0 Å². The third kappa shape index (κ3) is 6.59. The van der Waals surface area contributed by atoms with Gasteiger partial charge in [0.2, 0.25) is 11.8 Å². The molecule has 0 heterocycles. The van der Waals surface area contributed by atoms with Crippen LogP contribution in [0.2, 0.25) is 0 Å². The largest absolute Gasteiger partial charge is 0.348 e. The summed E-state index contributed by atoms with van der Waals surface area (Å²) in [4.78, 5) is 25.6. The Bertz CT molecular complexity index is 927. The Morgan fingerprint density at radius 2 is 1.27 bits per heavy atom. The molecule has 0 spiro atoms. The average Bonchev–Trinajstić information content (AvgIpc) is 2.79. The molecule has 0 aromatic heterocycles. The molecule has 2 amide bonds. The first-order valence-corrected chi connectivity index (χ1v) is 10.3. The maximum atomic E-state index is 13.0. The van der Waals surface area contributed by atoms with Crippen molar-refractivity contribution in [1.82, 2.24) is 10.6 Å². The van der Waals surface area contributed by atoms with Gasteiger partial charge < -0.3 is 10.6 Å². The van der Waals surface area contributed by atoms with E-state index in [9.17, 15) is 9.59 Å². The topological polar surface area (TPSA) is 58.2 Å². The normalized spacial score (nSPS) is 12.6. The van der Waals surface area contributed by atoms with Gasteiger partial charge in [-0.3, -0.25) is 9.59 Å². The minimum absolute atomic E-state index is 0.123. The fourth-order valence-electron chi connectivity index (χ4n) is 3.37. The Balaban J connectivity index is 1.64. The molecule has 154 valence electrons. The van der Waals surface area contributed by atoms with Crippen molar-refractivity contribution in [2.45, 2.75) is 38.3 Å². The van der Waals surface area contributed by atoms with Crippen molar-refractivity contribution in [3.05, 3.63) is 108 Å². The molecule has 2 atom stereocenters. The number of rotatable bonds is 9. The summed E-state index contributed by atoms with van der Waals surface area (Å²) < 4.78 is 0. The molecular weight excluding hydrogens is 372 g/mol. The van der Waals surface area contributed by atoms with Crippen molar-refractivity contribution in [3.63, 3.8) is 0 Å². The van der Waals surface area contributed by atoms with Crippen LogP contribution in [0.5, 0.6) is 0 Å². The number of carbonyl (C=O) groups excluding carboxylic acids is 2. The highest BCUT2D eigenvalue weighted by Gasteiger charge is 2.23. The van der Waals surface area contributed by atoms with E-state index >= 15 is 0 Å². The predicted octanol–water partition coefficient (Wildman–Crippen LogP) is 4.22. The second-order valence-electron chi connectivity index (χ2n) is 7.44. The number of amides is 2. The zero-order valence-electron chi connectivity index (χ0n) is 17.3. The van der Waals surface area contributed by atoms with Gasteiger partial charge in [-0.1, -0.05) is 91.0 Å². The highest BCUT2D eigenvalue weighted by atomic mass is 16.2. The number of aryl methyl sites for hydroxylation is 1. The molecule has 0 aliphatic carbocycles. The summed E-state index contributed by atoms with van der Waals surface area (Å²) >= 11 is 0. The molecule has 0 saturated heterocycles. The van der Waals surface area contributed by atoms with Gasteiger partial charge in [0.25, 0.3) is 0 Å². The van der Waals surface area contributed by atoms with Gasteiger partial charge in [0.1, 0.15) is 6.04 Å². The van der Waals surface area contributed by atoms with E-state index in [0.717, 1.165) is 16.7 Å². The van der Waals surface area contributed by atoms with Crippen molar-refractivity contribution in [2.24, 2.45) is 0 Å². The zero-order valence-corrected chi connectivity index (χ0v) is 17.3. The minimum atomic E-state index is -0.623. The van der Waals surface area contributed by atoms with Gasteiger partial charge in [0.15, 0.2) is 0 Å². The standard InChI is InChI=1S/C26H28N2O2/c1-20(23-15-9-4-10-16-23)27-26(30)24(19-22-13-7-3-8-14-22)28-25(29)18-17-21-11-5-2-6-12-21/h2-16,20,24H,17-19H2,1H3,(H,27,30)(H,28,29). The summed E-state index contributed by atoms with van der Waals surface area (Å²) in [6.45, 7) is 1.95. The average molecular weight is 401 g/mol. The van der Waals surface area contributed by atoms with Crippen molar-refractivity contribution in [2.75, 3.05) is 0 Å². The van der Waals surface area contributed by atoms with Gasteiger partial charge in [-0.25, -0.2) is 0 Å². The molecule has 3 aromatic rings. The molecule has 0 fully saturated rings. The first-order valence-electron chi connectivity index (χ1n) is 10.3. The molecule has 3 rings (SSSR count). The van der Waals surface area contributed by atoms with E-state index in [2.05, 4.69) is 10.6 Å². The number of hydrogen-bond donors (Lipinski definition) is 2. The lowest BCUT2D eigenvalue weighted by molar-refractivity contribution is -0.129. The molecule has 0 radical (unpaired) electrons. The van der Waals surface area contributed by atoms with Crippen LogP contribution >= 0.6 is 0 Å². The molecule has 3 aromatic carbocycles. The van der Waals surface area contributed by atoms with Crippen LogP contribution in [0.4, 0.5) is 0 Å². The Morgan fingerprint density at radius 3 is 1.87 bits per heavy atom. The van der Waals surface area contributed by atoms with Crippen LogP contribution in [0.25, 0.3) is 0 Å². The fourth-order valence-corrected chi connectivity index (χ4v) is 3.37. The number of benzene rings is 3. The zero-order chi connectivity index (χ0) is 21.2. The van der Waals surface area contributed by atoms with Crippen molar-refractivity contribution in [3.8, 4) is 0 Å². The molecule has 2 N–H and O–H groups in total. The summed E-state index contributed by atoms with van der Waals surface area (Å²) in [6, 6.07) is 28.7. The summed E-state index contributed by atoms with van der Waals surface area (Å²) in [5, 5.41) is 5.98. The predicted molar refractivity (Wildman–Crippen MR) is 120 cm³/mol. The summed E-state index contributed by atoms with van der Waals surface area (Å²) in [6.07, 6.45) is 1.44. The van der Waals surface area contributed by atoms with E-state index in [1.165, 1.54) is 0 Å². The molecular formula is C26H28N2O2. The van der Waals surface area contributed by atoms with E-state index in [1.54, 1.807) is 0 Å². The van der Waals surface area contributed by atoms with Gasteiger partial charge in [0, 0.05) is 12.8 Å². The Kier molecular flexibility index (Phi) is 7.78. The molecule has 0 bridgehead atoms. The first kappa shape index (κ1) is 21.3. The van der Waals surface area contributed by atoms with Gasteiger partial charge >= 0.3 is 0 Å². The van der Waals surface area contributed by atoms with E-state index in [1.807, 2.05) is 97.9 Å². The fraction of sp³-hybridized carbons (Fsp3) is 0.231. The molecule has 0 aliphatic rings. The summed E-state index contributed by atoms with van der Waals surface area (Å²) in [5.41, 5.74) is 3.14. The highest BCUT2D eigenvalue weighted by Crippen LogP contribution is 2.12. The van der Waals surface area contributed by atoms with E-state index < -0.39 is 6.04 Å². The molecule has 2 unspecified atom stereocenters. The van der Waals surface area contributed by atoms with Crippen LogP contribution in [0.1, 0.15) is 36.1 Å². The molecule has 4 heteroatoms. The number of carbonyl (C=O) groups is 2. The highest BCUT2D eigenvalue weighted by molar-refractivity contribution is 5.88. The molecule has 4 nitrogen and oxygen atoms in total. The van der Waals surface area contributed by atoms with Crippen LogP contribution in [0.3, 0.4) is 0 Å². The second-order valence-corrected chi connectivity index (χ2v) is 7.44. The van der Waals surface area contributed by atoms with E-state index in [-0.39, 0.29) is 17.9 Å². The van der Waals surface area contributed by atoms with Crippen molar-refractivity contribution >= 4 is 11.8 Å². The number of nitrogens with one attached hydrogen (secondary N) is 2. The first-order chi connectivity index (χ1) is 14.6. The Morgan fingerprint density at radius 1 is 0.733 bits per heavy atom. The van der Waals surface area contributed by atoms with Crippen LogP contribution in [0.15, 0.2) is 91.0 Å². The molecule has 0 saturated carbocycles. The number of hydrogen-bond acceptors (Lipinski definition) is 2. The lowest BCUT2D eigenvalue weighted by atomic mass is 10.0. The smallest absolute Gasteiger partial charge is 0.243 e. The summed E-state index contributed by atoms with van der Waals surface area (Å²) in [7, 11) is 0. The van der Waals surface area contributed by atoms with Crippen LogP contribution in [-0.2, 0) is 22.4 Å². The Labute approximate surface area is 178 Å². The maximum Gasteiger partial charge on any atom is 0.243 e. The molecule has 0 aliphatic heterocycles. The minimum Gasteiger partial charge on any atom is -0.348 e. The van der Waals surface area contributed by atoms with Gasteiger partial charge in [-0.05, 0) is 30.0 Å². The van der Waals surface area contributed by atoms with Crippen LogP contribution in [-0.4, -0.2) is 17.9 Å². The third-order valence-corrected chi connectivity index (χ3v) is 5.08. The molecule has 30 heavy (non-hydrogen) atoms. The SMILES string of the molecule is CC(NC(=O)C(Cc1ccccc1)NC(=O)CCc1ccccc1)c1ccccc1. The lowest BCUT2D eigenvalue weighted by Gasteiger charge is -2.22. The van der Waals surface area contributed by atoms with Gasteiger partial charge in [0.05, 0.1) is 6.04 Å². The van der Waals surface area contributed by atoms with Crippen LogP contribution < -0.4 is 10.6 Å². The van der Waals surface area contributed by atoms with E-state index in [4.69, 9.17) is 0 Å². The summed E-state index contributed by atoms with van der Waals surface area (Å²) in [5.74, 6) is -0.300. The van der Waals surface area contributed by atoms with Gasteiger partial charge in [-0.2, -0.15) is 0 Å².